The SMILES string of the molecule is COc1ccc(NC(=O)CCc2c(C)noc2C)cc1Cc1ccccc1. The monoisotopic (exact) mass is 364 g/mol. The molecule has 0 spiro atoms. The van der Waals surface area contributed by atoms with Crippen LogP contribution in [0.25, 0.3) is 0 Å². The lowest BCUT2D eigenvalue weighted by Gasteiger charge is -2.12. The molecule has 27 heavy (non-hydrogen) atoms. The molecule has 140 valence electrons. The number of anilines is 1. The fraction of sp³-hybridized carbons (Fsp3) is 0.273. The van der Waals surface area contributed by atoms with Crippen molar-refractivity contribution in [3.63, 3.8) is 0 Å². The van der Waals surface area contributed by atoms with Gasteiger partial charge in [-0.25, -0.2) is 0 Å². The van der Waals surface area contributed by atoms with Crippen molar-refractivity contribution in [1.82, 2.24) is 5.16 Å². The number of nitrogens with one attached hydrogen (secondary N) is 1. The van der Waals surface area contributed by atoms with Gasteiger partial charge in [-0.2, -0.15) is 0 Å². The third-order valence-electron chi connectivity index (χ3n) is 4.58. The minimum atomic E-state index is -0.0363. The lowest BCUT2D eigenvalue weighted by Crippen LogP contribution is -2.13. The maximum atomic E-state index is 12.4. The van der Waals surface area contributed by atoms with Crippen LogP contribution >= 0.6 is 0 Å². The number of carbonyl (C=O) groups is 1. The summed E-state index contributed by atoms with van der Waals surface area (Å²) < 4.78 is 10.6. The lowest BCUT2D eigenvalue weighted by molar-refractivity contribution is -0.116. The molecule has 3 rings (SSSR count). The Labute approximate surface area is 159 Å². The highest BCUT2D eigenvalue weighted by Crippen LogP contribution is 2.25. The Balaban J connectivity index is 1.67. The van der Waals surface area contributed by atoms with Crippen LogP contribution in [0.15, 0.2) is 53.1 Å². The Bertz CT molecular complexity index is 897. The van der Waals surface area contributed by atoms with E-state index in [2.05, 4.69) is 22.6 Å². The zero-order chi connectivity index (χ0) is 19.2. The van der Waals surface area contributed by atoms with Gasteiger partial charge in [0.25, 0.3) is 0 Å². The molecule has 0 unspecified atom stereocenters. The van der Waals surface area contributed by atoms with Crippen molar-refractivity contribution < 1.29 is 14.1 Å². The van der Waals surface area contributed by atoms with E-state index < -0.39 is 0 Å². The Hall–Kier alpha value is -3.08. The van der Waals surface area contributed by atoms with Crippen LogP contribution in [0.3, 0.4) is 0 Å². The Morgan fingerprint density at radius 2 is 1.93 bits per heavy atom. The smallest absolute Gasteiger partial charge is 0.224 e. The van der Waals surface area contributed by atoms with Crippen molar-refractivity contribution in [3.8, 4) is 5.75 Å². The van der Waals surface area contributed by atoms with Crippen molar-refractivity contribution in [2.45, 2.75) is 33.1 Å². The van der Waals surface area contributed by atoms with Crippen LogP contribution in [-0.2, 0) is 17.6 Å². The number of aryl methyl sites for hydroxylation is 2. The molecule has 1 aromatic heterocycles. The van der Waals surface area contributed by atoms with Crippen molar-refractivity contribution in [1.29, 1.82) is 0 Å². The molecular weight excluding hydrogens is 340 g/mol. The second-order valence-electron chi connectivity index (χ2n) is 6.54. The maximum absolute atomic E-state index is 12.4. The number of hydrogen-bond donors (Lipinski definition) is 1. The summed E-state index contributed by atoms with van der Waals surface area (Å²) in [4.78, 5) is 12.4. The van der Waals surface area contributed by atoms with Crippen LogP contribution in [0.4, 0.5) is 5.69 Å². The Kier molecular flexibility index (Phi) is 5.91. The normalized spacial score (nSPS) is 10.6. The third kappa shape index (κ3) is 4.76. The summed E-state index contributed by atoms with van der Waals surface area (Å²) in [5.74, 6) is 1.55. The number of hydrogen-bond acceptors (Lipinski definition) is 4. The topological polar surface area (TPSA) is 64.4 Å². The second-order valence-corrected chi connectivity index (χ2v) is 6.54. The molecular formula is C22H24N2O3. The minimum absolute atomic E-state index is 0.0363. The number of rotatable bonds is 7. The Morgan fingerprint density at radius 3 is 2.59 bits per heavy atom. The fourth-order valence-electron chi connectivity index (χ4n) is 3.13. The molecule has 1 N–H and O–H groups in total. The van der Waals surface area contributed by atoms with E-state index in [0.717, 1.165) is 40.4 Å². The number of aromatic nitrogens is 1. The number of nitrogens with zero attached hydrogens (tertiary/aromatic N) is 1. The van der Waals surface area contributed by atoms with Gasteiger partial charge >= 0.3 is 0 Å². The molecule has 0 aliphatic rings. The van der Waals surface area contributed by atoms with Gasteiger partial charge in [-0.3, -0.25) is 4.79 Å². The molecule has 5 heteroatoms. The number of ether oxygens (including phenoxy) is 1. The summed E-state index contributed by atoms with van der Waals surface area (Å²) in [6.07, 6.45) is 1.73. The maximum Gasteiger partial charge on any atom is 0.224 e. The fourth-order valence-corrected chi connectivity index (χ4v) is 3.13. The summed E-state index contributed by atoms with van der Waals surface area (Å²) in [6, 6.07) is 15.9. The van der Waals surface area contributed by atoms with E-state index >= 15 is 0 Å². The van der Waals surface area contributed by atoms with Gasteiger partial charge in [0, 0.05) is 29.7 Å². The largest absolute Gasteiger partial charge is 0.496 e. The first kappa shape index (κ1) is 18.7. The predicted octanol–water partition coefficient (Wildman–Crippen LogP) is 4.46. The zero-order valence-corrected chi connectivity index (χ0v) is 15.9. The second kappa shape index (κ2) is 8.54. The molecule has 0 saturated heterocycles. The average molecular weight is 364 g/mol. The van der Waals surface area contributed by atoms with Gasteiger partial charge in [0.05, 0.1) is 12.8 Å². The Morgan fingerprint density at radius 1 is 1.15 bits per heavy atom. The zero-order valence-electron chi connectivity index (χ0n) is 15.9. The van der Waals surface area contributed by atoms with Crippen LogP contribution in [0.1, 0.15) is 34.6 Å². The molecule has 0 aliphatic heterocycles. The molecule has 0 atom stereocenters. The standard InChI is InChI=1S/C22H24N2O3/c1-15-20(16(2)27-24-15)10-12-22(25)23-19-9-11-21(26-3)18(14-19)13-17-7-5-4-6-8-17/h4-9,11,14H,10,12-13H2,1-3H3,(H,23,25). The number of methoxy groups -OCH3 is 1. The van der Waals surface area contributed by atoms with Gasteiger partial charge in [-0.15, -0.1) is 0 Å². The van der Waals surface area contributed by atoms with E-state index in [0.29, 0.717) is 12.8 Å². The lowest BCUT2D eigenvalue weighted by atomic mass is 10.0. The van der Waals surface area contributed by atoms with E-state index in [1.807, 2.05) is 50.2 Å². The van der Waals surface area contributed by atoms with Crippen molar-refractivity contribution in [3.05, 3.63) is 76.7 Å². The van der Waals surface area contributed by atoms with Gasteiger partial charge in [0.2, 0.25) is 5.91 Å². The van der Waals surface area contributed by atoms with Gasteiger partial charge in [0.1, 0.15) is 11.5 Å². The quantitative estimate of drug-likeness (QED) is 0.672. The van der Waals surface area contributed by atoms with Crippen LogP contribution in [0.2, 0.25) is 0 Å². The van der Waals surface area contributed by atoms with E-state index in [-0.39, 0.29) is 5.91 Å². The minimum Gasteiger partial charge on any atom is -0.496 e. The molecule has 0 radical (unpaired) electrons. The van der Waals surface area contributed by atoms with Crippen LogP contribution < -0.4 is 10.1 Å². The summed E-state index contributed by atoms with van der Waals surface area (Å²) in [5, 5.41) is 6.90. The third-order valence-corrected chi connectivity index (χ3v) is 4.58. The molecule has 5 nitrogen and oxygen atoms in total. The summed E-state index contributed by atoms with van der Waals surface area (Å²) in [7, 11) is 1.66. The van der Waals surface area contributed by atoms with E-state index in [1.54, 1.807) is 7.11 Å². The van der Waals surface area contributed by atoms with Gasteiger partial charge in [-0.05, 0) is 44.0 Å². The van der Waals surface area contributed by atoms with Crippen LogP contribution in [0.5, 0.6) is 5.75 Å². The van der Waals surface area contributed by atoms with Gasteiger partial charge < -0.3 is 14.6 Å². The first-order chi connectivity index (χ1) is 13.1. The number of amides is 1. The van der Waals surface area contributed by atoms with Crippen LogP contribution in [0, 0.1) is 13.8 Å². The van der Waals surface area contributed by atoms with Gasteiger partial charge in [-0.1, -0.05) is 35.5 Å². The highest BCUT2D eigenvalue weighted by molar-refractivity contribution is 5.91. The highest BCUT2D eigenvalue weighted by Gasteiger charge is 2.12. The molecule has 0 saturated carbocycles. The van der Waals surface area contributed by atoms with Crippen molar-refractivity contribution in [2.75, 3.05) is 12.4 Å². The molecule has 2 aromatic carbocycles. The summed E-state index contributed by atoms with van der Waals surface area (Å²) >= 11 is 0. The molecule has 0 bridgehead atoms. The molecule has 3 aromatic rings. The van der Waals surface area contributed by atoms with Crippen molar-refractivity contribution >= 4 is 11.6 Å². The average Bonchev–Trinajstić information content (AvgIpc) is 2.99. The highest BCUT2D eigenvalue weighted by atomic mass is 16.5. The number of carbonyl (C=O) groups excluding carboxylic acids is 1. The first-order valence-electron chi connectivity index (χ1n) is 8.99. The predicted molar refractivity (Wildman–Crippen MR) is 105 cm³/mol. The van der Waals surface area contributed by atoms with Crippen LogP contribution in [-0.4, -0.2) is 18.2 Å². The van der Waals surface area contributed by atoms with Crippen molar-refractivity contribution in [2.24, 2.45) is 0 Å². The van der Waals surface area contributed by atoms with Gasteiger partial charge in [0.15, 0.2) is 0 Å². The first-order valence-corrected chi connectivity index (χ1v) is 8.99. The van der Waals surface area contributed by atoms with E-state index in [9.17, 15) is 4.79 Å². The summed E-state index contributed by atoms with van der Waals surface area (Å²) in [5.41, 5.74) is 4.84. The molecule has 0 aliphatic carbocycles. The van der Waals surface area contributed by atoms with E-state index in [4.69, 9.17) is 9.26 Å². The molecule has 1 heterocycles. The number of benzene rings is 2. The molecule has 0 fully saturated rings. The summed E-state index contributed by atoms with van der Waals surface area (Å²) in [6.45, 7) is 3.76. The van der Waals surface area contributed by atoms with E-state index in [1.165, 1.54) is 5.56 Å². The molecule has 1 amide bonds.